The predicted molar refractivity (Wildman–Crippen MR) is 57.4 cm³/mol. The molecule has 2 rings (SSSR count). The molecule has 3 nitrogen and oxygen atoms in total. The van der Waals surface area contributed by atoms with E-state index in [0.717, 1.165) is 32.2 Å². The summed E-state index contributed by atoms with van der Waals surface area (Å²) in [7, 11) is 0. The normalized spacial score (nSPS) is 31.9. The van der Waals surface area contributed by atoms with Gasteiger partial charge in [-0.25, -0.2) is 0 Å². The van der Waals surface area contributed by atoms with Crippen molar-refractivity contribution in [1.29, 1.82) is 0 Å². The maximum Gasteiger partial charge on any atom is 0.0469 e. The van der Waals surface area contributed by atoms with Crippen molar-refractivity contribution in [3.05, 3.63) is 0 Å². The van der Waals surface area contributed by atoms with Gasteiger partial charge in [-0.1, -0.05) is 0 Å². The molecule has 1 atom stereocenters. The second-order valence-electron chi connectivity index (χ2n) is 4.60. The van der Waals surface area contributed by atoms with Crippen molar-refractivity contribution in [3.63, 3.8) is 0 Å². The van der Waals surface area contributed by atoms with E-state index in [9.17, 15) is 0 Å². The Labute approximate surface area is 86.8 Å². The molecule has 0 saturated carbocycles. The van der Waals surface area contributed by atoms with E-state index in [-0.39, 0.29) is 0 Å². The Hall–Kier alpha value is -0.120. The van der Waals surface area contributed by atoms with Gasteiger partial charge < -0.3 is 10.1 Å². The number of rotatable bonds is 2. The molecule has 0 radical (unpaired) electrons. The van der Waals surface area contributed by atoms with Crippen molar-refractivity contribution in [3.8, 4) is 0 Å². The number of hydrogen-bond donors (Lipinski definition) is 1. The summed E-state index contributed by atoms with van der Waals surface area (Å²) in [6.45, 7) is 9.10. The van der Waals surface area contributed by atoms with Gasteiger partial charge in [0.05, 0.1) is 0 Å². The van der Waals surface area contributed by atoms with Gasteiger partial charge >= 0.3 is 0 Å². The van der Waals surface area contributed by atoms with Crippen LogP contribution in [0, 0.1) is 5.92 Å². The molecule has 3 heteroatoms. The van der Waals surface area contributed by atoms with Gasteiger partial charge in [-0.05, 0) is 25.7 Å². The number of piperazine rings is 1. The molecule has 2 fully saturated rings. The van der Waals surface area contributed by atoms with E-state index in [4.69, 9.17) is 4.74 Å². The Kier molecular flexibility index (Phi) is 3.79. The molecular weight excluding hydrogens is 176 g/mol. The third kappa shape index (κ3) is 2.69. The van der Waals surface area contributed by atoms with Crippen LogP contribution in [0.25, 0.3) is 0 Å². The molecule has 2 heterocycles. The molecule has 0 spiro atoms. The van der Waals surface area contributed by atoms with Crippen molar-refractivity contribution in [1.82, 2.24) is 10.2 Å². The molecule has 0 bridgehead atoms. The summed E-state index contributed by atoms with van der Waals surface area (Å²) >= 11 is 0. The van der Waals surface area contributed by atoms with E-state index < -0.39 is 0 Å². The minimum Gasteiger partial charge on any atom is -0.381 e. The van der Waals surface area contributed by atoms with Crippen molar-refractivity contribution in [2.45, 2.75) is 25.8 Å². The lowest BCUT2D eigenvalue weighted by Crippen LogP contribution is -2.51. The second kappa shape index (κ2) is 5.10. The van der Waals surface area contributed by atoms with Crippen LogP contribution in [0.2, 0.25) is 0 Å². The molecule has 0 aromatic heterocycles. The lowest BCUT2D eigenvalue weighted by molar-refractivity contribution is 0.0430. The van der Waals surface area contributed by atoms with E-state index in [1.54, 1.807) is 0 Å². The highest BCUT2D eigenvalue weighted by Crippen LogP contribution is 2.17. The van der Waals surface area contributed by atoms with Crippen LogP contribution in [0.4, 0.5) is 0 Å². The monoisotopic (exact) mass is 198 g/mol. The zero-order chi connectivity index (χ0) is 9.80. The molecule has 0 amide bonds. The Morgan fingerprint density at radius 3 is 2.86 bits per heavy atom. The van der Waals surface area contributed by atoms with E-state index in [1.165, 1.54) is 25.9 Å². The molecule has 82 valence electrons. The molecule has 0 aromatic rings. The fourth-order valence-electron chi connectivity index (χ4n) is 2.41. The molecule has 2 aliphatic rings. The zero-order valence-corrected chi connectivity index (χ0v) is 9.17. The van der Waals surface area contributed by atoms with Crippen LogP contribution in [0.1, 0.15) is 19.8 Å². The lowest BCUT2D eigenvalue weighted by Gasteiger charge is -2.37. The molecule has 0 aromatic carbocycles. The molecule has 1 unspecified atom stereocenters. The van der Waals surface area contributed by atoms with Crippen LogP contribution in [0.15, 0.2) is 0 Å². The van der Waals surface area contributed by atoms with Crippen LogP contribution in [0.3, 0.4) is 0 Å². The summed E-state index contributed by atoms with van der Waals surface area (Å²) in [6, 6.07) is 0.714. The van der Waals surface area contributed by atoms with Gasteiger partial charge in [0, 0.05) is 45.4 Å². The Balaban J connectivity index is 1.76. The van der Waals surface area contributed by atoms with E-state index in [2.05, 4.69) is 17.1 Å². The second-order valence-corrected chi connectivity index (χ2v) is 4.60. The minimum atomic E-state index is 0.714. The maximum absolute atomic E-state index is 5.38. The molecule has 2 aliphatic heterocycles. The highest BCUT2D eigenvalue weighted by atomic mass is 16.5. The Bertz CT molecular complexity index is 169. The Morgan fingerprint density at radius 1 is 1.36 bits per heavy atom. The average Bonchev–Trinajstić information content (AvgIpc) is 2.23. The van der Waals surface area contributed by atoms with Gasteiger partial charge in [0.15, 0.2) is 0 Å². The highest BCUT2D eigenvalue weighted by Gasteiger charge is 2.22. The quantitative estimate of drug-likeness (QED) is 0.707. The van der Waals surface area contributed by atoms with Crippen molar-refractivity contribution in [2.75, 3.05) is 39.4 Å². The van der Waals surface area contributed by atoms with E-state index in [1.807, 2.05) is 0 Å². The zero-order valence-electron chi connectivity index (χ0n) is 9.17. The van der Waals surface area contributed by atoms with Crippen molar-refractivity contribution in [2.24, 2.45) is 5.92 Å². The van der Waals surface area contributed by atoms with Gasteiger partial charge in [-0.15, -0.1) is 0 Å². The topological polar surface area (TPSA) is 24.5 Å². The molecule has 0 aliphatic carbocycles. The fourth-order valence-corrected chi connectivity index (χ4v) is 2.41. The Morgan fingerprint density at radius 2 is 2.14 bits per heavy atom. The van der Waals surface area contributed by atoms with Crippen molar-refractivity contribution >= 4 is 0 Å². The number of nitrogens with one attached hydrogen (secondary N) is 1. The molecule has 14 heavy (non-hydrogen) atoms. The van der Waals surface area contributed by atoms with Crippen LogP contribution in [0.5, 0.6) is 0 Å². The first-order valence-corrected chi connectivity index (χ1v) is 5.89. The first-order valence-electron chi connectivity index (χ1n) is 5.89. The minimum absolute atomic E-state index is 0.714. The fraction of sp³-hybridized carbons (Fsp3) is 1.00. The number of ether oxygens (including phenoxy) is 1. The summed E-state index contributed by atoms with van der Waals surface area (Å²) in [6.07, 6.45) is 2.52. The van der Waals surface area contributed by atoms with Gasteiger partial charge in [0.1, 0.15) is 0 Å². The summed E-state index contributed by atoms with van der Waals surface area (Å²) in [5.74, 6) is 0.879. The summed E-state index contributed by atoms with van der Waals surface area (Å²) < 4.78 is 5.38. The van der Waals surface area contributed by atoms with Crippen molar-refractivity contribution < 1.29 is 4.74 Å². The van der Waals surface area contributed by atoms with Gasteiger partial charge in [0.25, 0.3) is 0 Å². The van der Waals surface area contributed by atoms with E-state index >= 15 is 0 Å². The molecular formula is C11H22N2O. The van der Waals surface area contributed by atoms with Crippen LogP contribution >= 0.6 is 0 Å². The van der Waals surface area contributed by atoms with Gasteiger partial charge in [-0.2, -0.15) is 0 Å². The lowest BCUT2D eigenvalue weighted by atomic mass is 9.98. The largest absolute Gasteiger partial charge is 0.381 e. The first kappa shape index (κ1) is 10.4. The summed E-state index contributed by atoms with van der Waals surface area (Å²) in [5.41, 5.74) is 0. The number of hydrogen-bond acceptors (Lipinski definition) is 3. The SMILES string of the molecule is CC1CNCCN1CC1CCOCC1. The van der Waals surface area contributed by atoms with Gasteiger partial charge in [0.2, 0.25) is 0 Å². The van der Waals surface area contributed by atoms with Crippen LogP contribution < -0.4 is 5.32 Å². The number of nitrogens with zero attached hydrogens (tertiary/aromatic N) is 1. The summed E-state index contributed by atoms with van der Waals surface area (Å²) in [5, 5.41) is 3.44. The third-order valence-electron chi connectivity index (χ3n) is 3.47. The average molecular weight is 198 g/mol. The highest BCUT2D eigenvalue weighted by molar-refractivity contribution is 4.78. The molecule has 2 saturated heterocycles. The van der Waals surface area contributed by atoms with E-state index in [0.29, 0.717) is 6.04 Å². The van der Waals surface area contributed by atoms with Crippen LogP contribution in [-0.4, -0.2) is 50.3 Å². The maximum atomic E-state index is 5.38. The third-order valence-corrected chi connectivity index (χ3v) is 3.47. The summed E-state index contributed by atoms with van der Waals surface area (Å²) in [4.78, 5) is 2.63. The van der Waals surface area contributed by atoms with Gasteiger partial charge in [-0.3, -0.25) is 4.90 Å². The molecule has 1 N–H and O–H groups in total. The van der Waals surface area contributed by atoms with Crippen LogP contribution in [-0.2, 0) is 4.74 Å². The predicted octanol–water partition coefficient (Wildman–Crippen LogP) is 0.707. The standard InChI is InChI=1S/C11H22N2O/c1-10-8-12-4-5-13(10)9-11-2-6-14-7-3-11/h10-12H,2-9H2,1H3. The smallest absolute Gasteiger partial charge is 0.0469 e. The first-order chi connectivity index (χ1) is 6.86.